The zero-order valence-electron chi connectivity index (χ0n) is 20.5. The number of nitrogens with zero attached hydrogens (tertiary/aromatic N) is 4. The summed E-state index contributed by atoms with van der Waals surface area (Å²) in [5.74, 6) is 0.884. The van der Waals surface area contributed by atoms with Crippen molar-refractivity contribution in [1.82, 2.24) is 19.9 Å². The molecule has 1 amide bonds. The van der Waals surface area contributed by atoms with Gasteiger partial charge in [-0.3, -0.25) is 4.79 Å². The fourth-order valence-corrected chi connectivity index (χ4v) is 3.82. The predicted molar refractivity (Wildman–Crippen MR) is 130 cm³/mol. The highest BCUT2D eigenvalue weighted by atomic mass is 16.5. The maximum Gasteiger partial charge on any atom is 0.254 e. The third kappa shape index (κ3) is 5.27. The van der Waals surface area contributed by atoms with Gasteiger partial charge in [-0.25, -0.2) is 4.68 Å². The highest BCUT2D eigenvalue weighted by Gasteiger charge is 2.34. The van der Waals surface area contributed by atoms with Crippen LogP contribution in [-0.2, 0) is 17.4 Å². The normalized spacial score (nSPS) is 14.8. The van der Waals surface area contributed by atoms with E-state index in [0.29, 0.717) is 19.7 Å². The molecule has 0 radical (unpaired) electrons. The van der Waals surface area contributed by atoms with E-state index < -0.39 is 0 Å². The lowest BCUT2D eigenvalue weighted by Gasteiger charge is -2.39. The smallest absolute Gasteiger partial charge is 0.254 e. The van der Waals surface area contributed by atoms with Crippen LogP contribution in [0.15, 0.2) is 54.7 Å². The van der Waals surface area contributed by atoms with Gasteiger partial charge in [0.2, 0.25) is 0 Å². The molecule has 174 valence electrons. The van der Waals surface area contributed by atoms with Gasteiger partial charge in [-0.15, -0.1) is 5.10 Å². The molecule has 6 heteroatoms. The Balaban J connectivity index is 1.41. The summed E-state index contributed by atoms with van der Waals surface area (Å²) in [5.41, 5.74) is 3.88. The molecule has 1 aliphatic rings. The zero-order chi connectivity index (χ0) is 23.8. The van der Waals surface area contributed by atoms with Gasteiger partial charge in [0, 0.05) is 18.7 Å². The molecule has 0 unspecified atom stereocenters. The predicted octanol–water partition coefficient (Wildman–Crippen LogP) is 5.15. The Kier molecular flexibility index (Phi) is 6.04. The molecular formula is C27H34N4O2. The first kappa shape index (κ1) is 23.0. The second-order valence-corrected chi connectivity index (χ2v) is 11.0. The standard InChI is InChI=1S/C27H34N4O2/c1-26(2,3)20-12-19(13-21(14-20)27(4,5)6)25(32)30-16-23(17-30)31-15-22(28-29-31)18-33-24-10-8-7-9-11-24/h7-15,23H,16-18H2,1-6H3. The Labute approximate surface area is 196 Å². The Bertz CT molecular complexity index is 1080. The molecule has 0 aliphatic carbocycles. The lowest BCUT2D eigenvalue weighted by Crippen LogP contribution is -2.51. The summed E-state index contributed by atoms with van der Waals surface area (Å²) in [6.45, 7) is 14.8. The highest BCUT2D eigenvalue weighted by Crippen LogP contribution is 2.32. The summed E-state index contributed by atoms with van der Waals surface area (Å²) in [7, 11) is 0. The molecule has 1 aliphatic heterocycles. The molecule has 2 heterocycles. The van der Waals surface area contributed by atoms with Crippen molar-refractivity contribution in [2.75, 3.05) is 13.1 Å². The summed E-state index contributed by atoms with van der Waals surface area (Å²) < 4.78 is 7.60. The Morgan fingerprint density at radius 1 is 0.970 bits per heavy atom. The molecular weight excluding hydrogens is 412 g/mol. The van der Waals surface area contributed by atoms with Gasteiger partial charge in [0.1, 0.15) is 18.1 Å². The molecule has 0 spiro atoms. The average molecular weight is 447 g/mol. The van der Waals surface area contributed by atoms with E-state index in [0.717, 1.165) is 17.0 Å². The van der Waals surface area contributed by atoms with E-state index in [1.165, 1.54) is 11.1 Å². The van der Waals surface area contributed by atoms with Crippen molar-refractivity contribution in [3.05, 3.63) is 77.1 Å². The second kappa shape index (κ2) is 8.65. The lowest BCUT2D eigenvalue weighted by molar-refractivity contribution is 0.0498. The number of aromatic nitrogens is 3. The van der Waals surface area contributed by atoms with E-state index in [1.807, 2.05) is 46.1 Å². The Morgan fingerprint density at radius 3 is 2.15 bits per heavy atom. The maximum atomic E-state index is 13.3. The van der Waals surface area contributed by atoms with Crippen molar-refractivity contribution >= 4 is 5.91 Å². The van der Waals surface area contributed by atoms with Crippen LogP contribution in [-0.4, -0.2) is 38.9 Å². The largest absolute Gasteiger partial charge is 0.487 e. The molecule has 6 nitrogen and oxygen atoms in total. The van der Waals surface area contributed by atoms with Gasteiger partial charge >= 0.3 is 0 Å². The molecule has 0 atom stereocenters. The fourth-order valence-electron chi connectivity index (χ4n) is 3.82. The quantitative estimate of drug-likeness (QED) is 0.544. The third-order valence-electron chi connectivity index (χ3n) is 6.12. The van der Waals surface area contributed by atoms with E-state index in [9.17, 15) is 4.79 Å². The molecule has 1 aromatic heterocycles. The van der Waals surface area contributed by atoms with Crippen LogP contribution in [0.3, 0.4) is 0 Å². The molecule has 1 fully saturated rings. The van der Waals surface area contributed by atoms with Gasteiger partial charge in [-0.05, 0) is 46.2 Å². The SMILES string of the molecule is CC(C)(C)c1cc(C(=O)N2CC(n3cc(COc4ccccc4)nn3)C2)cc(C(C)(C)C)c1. The van der Waals surface area contributed by atoms with Gasteiger partial charge in [0.25, 0.3) is 5.91 Å². The third-order valence-corrected chi connectivity index (χ3v) is 6.12. The fraction of sp³-hybridized carbons (Fsp3) is 0.444. The van der Waals surface area contributed by atoms with Crippen LogP contribution in [0.5, 0.6) is 5.75 Å². The number of benzene rings is 2. The van der Waals surface area contributed by atoms with Crippen LogP contribution in [0.25, 0.3) is 0 Å². The van der Waals surface area contributed by atoms with E-state index in [4.69, 9.17) is 4.74 Å². The zero-order valence-corrected chi connectivity index (χ0v) is 20.5. The first-order valence-electron chi connectivity index (χ1n) is 11.5. The molecule has 0 N–H and O–H groups in total. The minimum absolute atomic E-state index is 0.0211. The average Bonchev–Trinajstić information content (AvgIpc) is 3.19. The van der Waals surface area contributed by atoms with Crippen molar-refractivity contribution in [2.24, 2.45) is 0 Å². The summed E-state index contributed by atoms with van der Waals surface area (Å²) in [6.07, 6.45) is 1.91. The number of hydrogen-bond acceptors (Lipinski definition) is 4. The van der Waals surface area contributed by atoms with Gasteiger partial charge in [-0.2, -0.15) is 0 Å². The summed E-state index contributed by atoms with van der Waals surface area (Å²) in [4.78, 5) is 15.2. The van der Waals surface area contributed by atoms with Crippen LogP contribution < -0.4 is 4.74 Å². The maximum absolute atomic E-state index is 13.3. The minimum Gasteiger partial charge on any atom is -0.487 e. The molecule has 3 aromatic rings. The molecule has 33 heavy (non-hydrogen) atoms. The summed E-state index contributed by atoms with van der Waals surface area (Å²) >= 11 is 0. The molecule has 0 saturated carbocycles. The number of likely N-dealkylation sites (tertiary alicyclic amines) is 1. The number of carbonyl (C=O) groups is 1. The number of rotatable bonds is 5. The van der Waals surface area contributed by atoms with Gasteiger partial charge < -0.3 is 9.64 Å². The number of hydrogen-bond donors (Lipinski definition) is 0. The van der Waals surface area contributed by atoms with E-state index in [1.54, 1.807) is 0 Å². The lowest BCUT2D eigenvalue weighted by atomic mass is 9.79. The van der Waals surface area contributed by atoms with Gasteiger partial charge in [-0.1, -0.05) is 71.0 Å². The molecule has 2 aromatic carbocycles. The minimum atomic E-state index is -0.0211. The van der Waals surface area contributed by atoms with Crippen LogP contribution in [0, 0.1) is 0 Å². The first-order chi connectivity index (χ1) is 15.5. The summed E-state index contributed by atoms with van der Waals surface area (Å²) in [5, 5.41) is 8.48. The van der Waals surface area contributed by atoms with Crippen LogP contribution in [0.4, 0.5) is 0 Å². The molecule has 0 bridgehead atoms. The van der Waals surface area contributed by atoms with Crippen molar-refractivity contribution < 1.29 is 9.53 Å². The topological polar surface area (TPSA) is 60.2 Å². The van der Waals surface area contributed by atoms with Gasteiger partial charge in [0.15, 0.2) is 0 Å². The van der Waals surface area contributed by atoms with E-state index >= 15 is 0 Å². The van der Waals surface area contributed by atoms with Crippen LogP contribution in [0.2, 0.25) is 0 Å². The van der Waals surface area contributed by atoms with Crippen LogP contribution >= 0.6 is 0 Å². The number of carbonyl (C=O) groups excluding carboxylic acids is 1. The van der Waals surface area contributed by atoms with Crippen molar-refractivity contribution in [3.8, 4) is 5.75 Å². The number of para-hydroxylation sites is 1. The monoisotopic (exact) mass is 446 g/mol. The first-order valence-corrected chi connectivity index (χ1v) is 11.5. The van der Waals surface area contributed by atoms with Crippen molar-refractivity contribution in [2.45, 2.75) is 65.0 Å². The van der Waals surface area contributed by atoms with E-state index in [-0.39, 0.29) is 22.8 Å². The highest BCUT2D eigenvalue weighted by molar-refractivity contribution is 5.95. The van der Waals surface area contributed by atoms with Crippen LogP contribution in [0.1, 0.15) is 74.8 Å². The number of ether oxygens (including phenoxy) is 1. The van der Waals surface area contributed by atoms with Crippen molar-refractivity contribution in [1.29, 1.82) is 0 Å². The number of amides is 1. The molecule has 4 rings (SSSR count). The van der Waals surface area contributed by atoms with Gasteiger partial charge in [0.05, 0.1) is 12.2 Å². The summed E-state index contributed by atoms with van der Waals surface area (Å²) in [6, 6.07) is 16.2. The Hall–Kier alpha value is -3.15. The van der Waals surface area contributed by atoms with Crippen molar-refractivity contribution in [3.63, 3.8) is 0 Å². The Morgan fingerprint density at radius 2 is 1.58 bits per heavy atom. The second-order valence-electron chi connectivity index (χ2n) is 11.0. The van der Waals surface area contributed by atoms with E-state index in [2.05, 4.69) is 70.1 Å². The molecule has 1 saturated heterocycles.